The third kappa shape index (κ3) is 2.93. The van der Waals surface area contributed by atoms with Gasteiger partial charge in [0, 0.05) is 22.3 Å². The van der Waals surface area contributed by atoms with E-state index in [-0.39, 0.29) is 0 Å². The average molecular weight is 378 g/mol. The van der Waals surface area contributed by atoms with Crippen molar-refractivity contribution in [2.24, 2.45) is 0 Å². The van der Waals surface area contributed by atoms with Gasteiger partial charge in [0.25, 0.3) is 0 Å². The van der Waals surface area contributed by atoms with E-state index in [0.717, 1.165) is 33.4 Å². The van der Waals surface area contributed by atoms with Crippen molar-refractivity contribution in [3.05, 3.63) is 108 Å². The van der Waals surface area contributed by atoms with Crippen LogP contribution in [-0.4, -0.2) is 0 Å². The van der Waals surface area contributed by atoms with Crippen molar-refractivity contribution in [1.82, 2.24) is 0 Å². The molecule has 30 heavy (non-hydrogen) atoms. The molecular formula is C30H18. The van der Waals surface area contributed by atoms with Crippen LogP contribution in [0.25, 0.3) is 44.5 Å². The average Bonchev–Trinajstić information content (AvgIpc) is 3.20. The molecule has 1 aromatic rings. The molecule has 0 unspecified atom stereocenters. The van der Waals surface area contributed by atoms with E-state index in [2.05, 4.69) is 84.6 Å². The highest BCUT2D eigenvalue weighted by atomic mass is 14.2. The Morgan fingerprint density at radius 1 is 0.400 bits per heavy atom. The normalized spacial score (nSPS) is 10.6. The minimum Gasteiger partial charge on any atom is -0.115 e. The van der Waals surface area contributed by atoms with Crippen molar-refractivity contribution in [2.45, 2.75) is 0 Å². The van der Waals surface area contributed by atoms with Crippen molar-refractivity contribution >= 4 is 0 Å². The molecule has 0 spiro atoms. The van der Waals surface area contributed by atoms with Gasteiger partial charge < -0.3 is 0 Å². The third-order valence-corrected chi connectivity index (χ3v) is 5.55. The summed E-state index contributed by atoms with van der Waals surface area (Å²) in [4.78, 5) is 0. The highest BCUT2D eigenvalue weighted by molar-refractivity contribution is 5.96. The topological polar surface area (TPSA) is 0 Å². The van der Waals surface area contributed by atoms with Gasteiger partial charge in [0.1, 0.15) is 0 Å². The number of rotatable bonds is 2. The predicted octanol–water partition coefficient (Wildman–Crippen LogP) is 7.19. The van der Waals surface area contributed by atoms with E-state index in [9.17, 15) is 0 Å². The highest BCUT2D eigenvalue weighted by Crippen LogP contribution is 2.43. The van der Waals surface area contributed by atoms with Gasteiger partial charge in [-0.15, -0.1) is 12.8 Å². The summed E-state index contributed by atoms with van der Waals surface area (Å²) in [6, 6.07) is 33.4. The number of benzene rings is 1. The van der Waals surface area contributed by atoms with Crippen LogP contribution >= 0.6 is 0 Å². The van der Waals surface area contributed by atoms with Crippen molar-refractivity contribution in [3.63, 3.8) is 0 Å². The van der Waals surface area contributed by atoms with Gasteiger partial charge in [-0.1, -0.05) is 72.5 Å². The van der Waals surface area contributed by atoms with E-state index in [1.807, 2.05) is 24.3 Å². The van der Waals surface area contributed by atoms with Crippen LogP contribution in [0.1, 0.15) is 11.1 Å². The molecule has 0 nitrogen and oxygen atoms in total. The molecule has 138 valence electrons. The molecule has 0 radical (unpaired) electrons. The Balaban J connectivity index is 1.85. The summed E-state index contributed by atoms with van der Waals surface area (Å²) >= 11 is 0. The third-order valence-electron chi connectivity index (χ3n) is 5.55. The van der Waals surface area contributed by atoms with Crippen LogP contribution in [0.5, 0.6) is 0 Å². The van der Waals surface area contributed by atoms with Crippen LogP contribution in [-0.2, 0) is 0 Å². The molecule has 0 fully saturated rings. The fraction of sp³-hybridized carbons (Fsp3) is 0. The smallest absolute Gasteiger partial charge is 0.0328 e. The van der Waals surface area contributed by atoms with Gasteiger partial charge in [-0.3, -0.25) is 0 Å². The molecule has 0 N–H and O–H groups in total. The molecule has 0 atom stereocenters. The zero-order valence-corrected chi connectivity index (χ0v) is 16.4. The van der Waals surface area contributed by atoms with Crippen molar-refractivity contribution in [3.8, 4) is 69.2 Å². The minimum absolute atomic E-state index is 0.847. The predicted molar refractivity (Wildman–Crippen MR) is 126 cm³/mol. The Labute approximate surface area is 177 Å². The van der Waals surface area contributed by atoms with Gasteiger partial charge in [-0.25, -0.2) is 0 Å². The summed E-state index contributed by atoms with van der Waals surface area (Å²) in [6.45, 7) is 0. The Kier molecular flexibility index (Phi) is 4.33. The van der Waals surface area contributed by atoms with Gasteiger partial charge in [-0.05, 0) is 69.8 Å². The summed E-state index contributed by atoms with van der Waals surface area (Å²) < 4.78 is 0. The van der Waals surface area contributed by atoms with E-state index < -0.39 is 0 Å². The molecule has 0 aliphatic heterocycles. The lowest BCUT2D eigenvalue weighted by molar-refractivity contribution is 1.57. The quantitative estimate of drug-likeness (QED) is 0.285. The van der Waals surface area contributed by atoms with Crippen LogP contribution in [0, 0.1) is 24.7 Å². The van der Waals surface area contributed by atoms with Gasteiger partial charge in [-0.2, -0.15) is 0 Å². The molecule has 5 rings (SSSR count). The molecule has 0 aromatic heterocycles. The van der Waals surface area contributed by atoms with E-state index >= 15 is 0 Å². The van der Waals surface area contributed by atoms with E-state index in [1.165, 1.54) is 22.3 Å². The summed E-state index contributed by atoms with van der Waals surface area (Å²) in [7, 11) is 0. The molecule has 0 heteroatoms. The molecular weight excluding hydrogens is 360 g/mol. The Morgan fingerprint density at radius 3 is 1.03 bits per heavy atom. The Hall–Kier alpha value is -4.26. The summed E-state index contributed by atoms with van der Waals surface area (Å²) in [5, 5.41) is 0. The number of hydrogen-bond donors (Lipinski definition) is 0. The van der Waals surface area contributed by atoms with E-state index in [1.54, 1.807) is 0 Å². The standard InChI is InChI=1S/C30H18/c1-3-21-15-16-22(4-2)30(28-19-25-13-9-6-10-14-26(25)20-28)29(21)27-17-23-11-7-5-8-12-24(23)18-27/h1-2,5-20H. The van der Waals surface area contributed by atoms with Crippen molar-refractivity contribution in [2.75, 3.05) is 0 Å². The minimum atomic E-state index is 0.847. The lowest BCUT2D eigenvalue weighted by atomic mass is 9.89. The van der Waals surface area contributed by atoms with Crippen molar-refractivity contribution in [1.29, 1.82) is 0 Å². The molecule has 4 aliphatic carbocycles. The first-order valence-electron chi connectivity index (χ1n) is 9.87. The monoisotopic (exact) mass is 378 g/mol. The molecule has 0 saturated carbocycles. The Morgan fingerprint density at radius 2 is 0.733 bits per heavy atom. The fourth-order valence-corrected chi connectivity index (χ4v) is 4.16. The van der Waals surface area contributed by atoms with Crippen LogP contribution in [0.3, 0.4) is 0 Å². The second-order valence-electron chi connectivity index (χ2n) is 7.33. The zero-order valence-electron chi connectivity index (χ0n) is 16.4. The van der Waals surface area contributed by atoms with Gasteiger partial charge >= 0.3 is 0 Å². The molecule has 0 heterocycles. The van der Waals surface area contributed by atoms with Gasteiger partial charge in [0.05, 0.1) is 0 Å². The summed E-state index contributed by atoms with van der Waals surface area (Å²) in [5.41, 5.74) is 10.6. The maximum Gasteiger partial charge on any atom is 0.0328 e. The summed E-state index contributed by atoms with van der Waals surface area (Å²) in [5.74, 6) is 5.75. The summed E-state index contributed by atoms with van der Waals surface area (Å²) in [6.07, 6.45) is 11.9. The SMILES string of the molecule is C#Cc1ccc(C#C)c(-c2cc3cccccc-3c2)c1-c1cc2cccccc-2c1. The largest absolute Gasteiger partial charge is 0.115 e. The lowest BCUT2D eigenvalue weighted by Gasteiger charge is -2.13. The second-order valence-corrected chi connectivity index (χ2v) is 7.33. The van der Waals surface area contributed by atoms with Crippen LogP contribution < -0.4 is 0 Å². The molecule has 0 saturated heterocycles. The maximum absolute atomic E-state index is 5.93. The van der Waals surface area contributed by atoms with Crippen molar-refractivity contribution < 1.29 is 0 Å². The van der Waals surface area contributed by atoms with Gasteiger partial charge in [0.15, 0.2) is 0 Å². The van der Waals surface area contributed by atoms with E-state index in [0.29, 0.717) is 0 Å². The first-order chi connectivity index (χ1) is 14.8. The molecule has 0 bridgehead atoms. The first-order valence-corrected chi connectivity index (χ1v) is 9.87. The number of hydrogen-bond acceptors (Lipinski definition) is 0. The molecule has 4 aliphatic rings. The number of fused-ring (bicyclic) bond motifs is 2. The van der Waals surface area contributed by atoms with Gasteiger partial charge in [0.2, 0.25) is 0 Å². The number of terminal acetylenes is 2. The molecule has 1 aromatic carbocycles. The van der Waals surface area contributed by atoms with Crippen LogP contribution in [0.15, 0.2) is 97.1 Å². The highest BCUT2D eigenvalue weighted by Gasteiger charge is 2.19. The van der Waals surface area contributed by atoms with Crippen LogP contribution in [0.4, 0.5) is 0 Å². The van der Waals surface area contributed by atoms with Crippen LogP contribution in [0.2, 0.25) is 0 Å². The lowest BCUT2D eigenvalue weighted by Crippen LogP contribution is -1.92. The molecule has 0 amide bonds. The Bertz CT molecular complexity index is 1230. The fourth-order valence-electron chi connectivity index (χ4n) is 4.16. The van der Waals surface area contributed by atoms with E-state index in [4.69, 9.17) is 12.8 Å². The first kappa shape index (κ1) is 17.8. The maximum atomic E-state index is 5.93. The second kappa shape index (κ2) is 7.29. The zero-order chi connectivity index (χ0) is 20.5.